The molecule has 0 spiro atoms. The van der Waals surface area contributed by atoms with E-state index < -0.39 is 5.91 Å². The largest absolute Gasteiger partial charge is 0.305 e. The zero-order valence-corrected chi connectivity index (χ0v) is 14.8. The van der Waals surface area contributed by atoms with Crippen molar-refractivity contribution in [2.75, 3.05) is 5.32 Å². The van der Waals surface area contributed by atoms with Gasteiger partial charge in [-0.3, -0.25) is 19.6 Å². The van der Waals surface area contributed by atoms with Gasteiger partial charge >= 0.3 is 0 Å². The van der Waals surface area contributed by atoms with E-state index in [1.54, 1.807) is 13.0 Å². The molecule has 3 aromatic heterocycles. The molecule has 9 heteroatoms. The van der Waals surface area contributed by atoms with Crippen molar-refractivity contribution in [3.63, 3.8) is 0 Å². The fourth-order valence-corrected chi connectivity index (χ4v) is 2.64. The van der Waals surface area contributed by atoms with Crippen LogP contribution in [0.3, 0.4) is 0 Å². The van der Waals surface area contributed by atoms with Crippen molar-refractivity contribution < 1.29 is 4.79 Å². The van der Waals surface area contributed by atoms with Crippen LogP contribution in [0.5, 0.6) is 0 Å². The van der Waals surface area contributed by atoms with Gasteiger partial charge in [-0.1, -0.05) is 30.3 Å². The summed E-state index contributed by atoms with van der Waals surface area (Å²) in [5, 5.41) is 7.26. The van der Waals surface area contributed by atoms with Crippen molar-refractivity contribution >= 4 is 11.7 Å². The second-order valence-electron chi connectivity index (χ2n) is 5.95. The van der Waals surface area contributed by atoms with Gasteiger partial charge in [-0.25, -0.2) is 9.97 Å². The van der Waals surface area contributed by atoms with Crippen LogP contribution in [0.2, 0.25) is 0 Å². The van der Waals surface area contributed by atoms with E-state index in [1.165, 1.54) is 29.3 Å². The Kier molecular flexibility index (Phi) is 4.47. The number of rotatable bonds is 4. The number of hydrogen-bond donors (Lipinski definition) is 2. The average Bonchev–Trinajstić information content (AvgIpc) is 3.12. The summed E-state index contributed by atoms with van der Waals surface area (Å²) in [6, 6.07) is 12.5. The Labute approximate surface area is 159 Å². The highest BCUT2D eigenvalue weighted by molar-refractivity contribution is 6.02. The Balaban J connectivity index is 1.80. The monoisotopic (exact) mass is 373 g/mol. The summed E-state index contributed by atoms with van der Waals surface area (Å²) < 4.78 is 1.38. The number of H-pyrrole nitrogens is 1. The highest BCUT2D eigenvalue weighted by Crippen LogP contribution is 2.23. The van der Waals surface area contributed by atoms with E-state index in [4.69, 9.17) is 0 Å². The molecule has 0 unspecified atom stereocenters. The number of aryl methyl sites for hydroxylation is 1. The van der Waals surface area contributed by atoms with E-state index in [0.717, 1.165) is 5.56 Å². The van der Waals surface area contributed by atoms with Crippen molar-refractivity contribution in [3.8, 4) is 17.2 Å². The number of nitrogens with one attached hydrogen (secondary N) is 2. The minimum atomic E-state index is -0.455. The van der Waals surface area contributed by atoms with Crippen LogP contribution in [0.1, 0.15) is 16.2 Å². The number of aromatic nitrogens is 6. The summed E-state index contributed by atoms with van der Waals surface area (Å²) in [4.78, 5) is 39.3. The lowest BCUT2D eigenvalue weighted by Crippen LogP contribution is -2.19. The summed E-state index contributed by atoms with van der Waals surface area (Å²) in [6.45, 7) is 1.71. The van der Waals surface area contributed by atoms with Crippen LogP contribution in [0, 0.1) is 6.92 Å². The molecule has 0 atom stereocenters. The first kappa shape index (κ1) is 17.3. The molecule has 0 radical (unpaired) electrons. The Hall–Kier alpha value is -4.14. The smallest absolute Gasteiger partial charge is 0.277 e. The highest BCUT2D eigenvalue weighted by Gasteiger charge is 2.17. The molecular formula is C19H15N7O2. The van der Waals surface area contributed by atoms with Gasteiger partial charge in [0.2, 0.25) is 5.95 Å². The summed E-state index contributed by atoms with van der Waals surface area (Å²) >= 11 is 0. The summed E-state index contributed by atoms with van der Waals surface area (Å²) in [6.07, 6.45) is 4.28. The number of nitrogens with zero attached hydrogens (tertiary/aromatic N) is 5. The maximum absolute atomic E-state index is 12.5. The van der Waals surface area contributed by atoms with E-state index >= 15 is 0 Å². The fourth-order valence-electron chi connectivity index (χ4n) is 2.64. The van der Waals surface area contributed by atoms with Crippen LogP contribution in [-0.2, 0) is 0 Å². The third kappa shape index (κ3) is 3.54. The van der Waals surface area contributed by atoms with Crippen LogP contribution in [-0.4, -0.2) is 35.6 Å². The predicted molar refractivity (Wildman–Crippen MR) is 102 cm³/mol. The van der Waals surface area contributed by atoms with Gasteiger partial charge in [-0.2, -0.15) is 9.78 Å². The van der Waals surface area contributed by atoms with Crippen LogP contribution < -0.4 is 10.9 Å². The first-order chi connectivity index (χ1) is 13.6. The topological polar surface area (TPSA) is 118 Å². The zero-order valence-electron chi connectivity index (χ0n) is 14.8. The Morgan fingerprint density at radius 2 is 1.96 bits per heavy atom. The van der Waals surface area contributed by atoms with E-state index in [1.807, 2.05) is 30.3 Å². The Morgan fingerprint density at radius 1 is 1.14 bits per heavy atom. The van der Waals surface area contributed by atoms with Crippen LogP contribution >= 0.6 is 0 Å². The van der Waals surface area contributed by atoms with Gasteiger partial charge in [-0.15, -0.1) is 0 Å². The van der Waals surface area contributed by atoms with Gasteiger partial charge in [0.05, 0.1) is 11.9 Å². The first-order valence-corrected chi connectivity index (χ1v) is 8.41. The highest BCUT2D eigenvalue weighted by atomic mass is 16.2. The lowest BCUT2D eigenvalue weighted by molar-refractivity contribution is 0.102. The number of carbonyl (C=O) groups excluding carboxylic acids is 1. The number of anilines is 1. The van der Waals surface area contributed by atoms with Gasteiger partial charge < -0.3 is 5.32 Å². The van der Waals surface area contributed by atoms with Gasteiger partial charge in [-0.05, 0) is 6.92 Å². The van der Waals surface area contributed by atoms with Crippen LogP contribution in [0.25, 0.3) is 17.2 Å². The Bertz CT molecular complexity index is 1180. The predicted octanol–water partition coefficient (Wildman–Crippen LogP) is 1.97. The summed E-state index contributed by atoms with van der Waals surface area (Å²) in [5.74, 6) is 0.0775. The van der Waals surface area contributed by atoms with Gasteiger partial charge in [0, 0.05) is 35.8 Å². The minimum absolute atomic E-state index is 0.155. The fraction of sp³-hybridized carbons (Fsp3) is 0.0526. The molecule has 2 N–H and O–H groups in total. The third-order valence-electron chi connectivity index (χ3n) is 3.87. The lowest BCUT2D eigenvalue weighted by Gasteiger charge is -2.07. The van der Waals surface area contributed by atoms with Crippen molar-refractivity contribution in [1.29, 1.82) is 0 Å². The quantitative estimate of drug-likeness (QED) is 0.565. The lowest BCUT2D eigenvalue weighted by atomic mass is 10.1. The molecule has 0 aliphatic carbocycles. The summed E-state index contributed by atoms with van der Waals surface area (Å²) in [5.41, 5.74) is 1.83. The molecule has 0 bridgehead atoms. The molecule has 0 saturated heterocycles. The molecule has 0 fully saturated rings. The molecular weight excluding hydrogens is 358 g/mol. The molecule has 3 heterocycles. The van der Waals surface area contributed by atoms with E-state index in [2.05, 4.69) is 30.4 Å². The van der Waals surface area contributed by atoms with E-state index in [9.17, 15) is 9.59 Å². The van der Waals surface area contributed by atoms with Crippen LogP contribution in [0.15, 0.2) is 65.8 Å². The maximum atomic E-state index is 12.5. The van der Waals surface area contributed by atoms with Gasteiger partial charge in [0.25, 0.3) is 11.5 Å². The number of benzene rings is 1. The van der Waals surface area contributed by atoms with Gasteiger partial charge in [0.15, 0.2) is 0 Å². The normalized spacial score (nSPS) is 10.6. The molecule has 0 aliphatic heterocycles. The first-order valence-electron chi connectivity index (χ1n) is 8.41. The van der Waals surface area contributed by atoms with Crippen LogP contribution in [0.4, 0.5) is 5.82 Å². The molecule has 1 aromatic carbocycles. The average molecular weight is 373 g/mol. The maximum Gasteiger partial charge on any atom is 0.277 e. The van der Waals surface area contributed by atoms with Crippen molar-refractivity contribution in [2.45, 2.75) is 6.92 Å². The van der Waals surface area contributed by atoms with Crippen molar-refractivity contribution in [2.24, 2.45) is 0 Å². The molecule has 4 rings (SSSR count). The molecule has 138 valence electrons. The molecule has 1 amide bonds. The number of amides is 1. The number of aromatic amines is 1. The van der Waals surface area contributed by atoms with Crippen molar-refractivity contribution in [3.05, 3.63) is 82.8 Å². The third-order valence-corrected chi connectivity index (χ3v) is 3.87. The van der Waals surface area contributed by atoms with Crippen molar-refractivity contribution in [1.82, 2.24) is 29.7 Å². The second kappa shape index (κ2) is 7.23. The SMILES string of the molecule is Cc1cc(=O)[nH]c(-n2nc(-c3ccccc3)cc2NC(=O)c2cnccn2)n1. The summed E-state index contributed by atoms with van der Waals surface area (Å²) in [7, 11) is 0. The Morgan fingerprint density at radius 3 is 2.68 bits per heavy atom. The molecule has 0 saturated carbocycles. The zero-order chi connectivity index (χ0) is 19.5. The molecule has 28 heavy (non-hydrogen) atoms. The number of hydrogen-bond acceptors (Lipinski definition) is 6. The number of carbonyl (C=O) groups is 1. The standard InChI is InChI=1S/C19H15N7O2/c1-12-9-17(27)24-19(22-12)26-16(23-18(28)15-11-20-7-8-21-15)10-14(25-26)13-5-3-2-4-6-13/h2-11H,1H3,(H,23,28)(H,22,24,27). The molecule has 9 nitrogen and oxygen atoms in total. The molecule has 4 aromatic rings. The van der Waals surface area contributed by atoms with E-state index in [-0.39, 0.29) is 17.2 Å². The minimum Gasteiger partial charge on any atom is -0.305 e. The molecule has 0 aliphatic rings. The second-order valence-corrected chi connectivity index (χ2v) is 5.95. The van der Waals surface area contributed by atoms with Gasteiger partial charge in [0.1, 0.15) is 11.5 Å². The van der Waals surface area contributed by atoms with E-state index in [0.29, 0.717) is 17.2 Å².